The predicted molar refractivity (Wildman–Crippen MR) is 55.1 cm³/mol. The van der Waals surface area contributed by atoms with Crippen molar-refractivity contribution in [3.63, 3.8) is 0 Å². The third-order valence-corrected chi connectivity index (χ3v) is 2.28. The van der Waals surface area contributed by atoms with Gasteiger partial charge in [0, 0.05) is 5.56 Å². The molecule has 4 nitrogen and oxygen atoms in total. The molecule has 0 radical (unpaired) electrons. The Balaban J connectivity index is 2.56. The molecule has 0 saturated carbocycles. The molecule has 1 heterocycles. The van der Waals surface area contributed by atoms with Crippen LogP contribution in [0, 0.1) is 0 Å². The van der Waals surface area contributed by atoms with Crippen molar-refractivity contribution in [2.75, 3.05) is 5.73 Å². The molecule has 7 heteroatoms. The highest BCUT2D eigenvalue weighted by molar-refractivity contribution is 5.74. The first-order valence-electron chi connectivity index (χ1n) is 4.59. The van der Waals surface area contributed by atoms with Gasteiger partial charge in [-0.1, -0.05) is 6.07 Å². The number of benzene rings is 1. The lowest BCUT2D eigenvalue weighted by Crippen LogP contribution is -2.05. The number of nitrogen functional groups attached to an aromatic ring is 1. The van der Waals surface area contributed by atoms with E-state index in [4.69, 9.17) is 10.8 Å². The number of phenols is 1. The van der Waals surface area contributed by atoms with Crippen LogP contribution in [0.25, 0.3) is 11.1 Å². The van der Waals surface area contributed by atoms with Crippen molar-refractivity contribution in [2.45, 2.75) is 6.18 Å². The van der Waals surface area contributed by atoms with Gasteiger partial charge in [0.15, 0.2) is 0 Å². The average Bonchev–Trinajstić information content (AvgIpc) is 2.63. The number of rotatable bonds is 1. The standard InChI is InChI=1S/C10H8F3N3O/c11-10(12,13)7-3-5(1-2-8(7)17)6-4-15-16-9(6)14/h1-4,17H,(H3,14,15,16). The largest absolute Gasteiger partial charge is 0.507 e. The second-order valence-corrected chi connectivity index (χ2v) is 3.43. The number of aromatic nitrogens is 2. The van der Waals surface area contributed by atoms with E-state index in [9.17, 15) is 13.2 Å². The lowest BCUT2D eigenvalue weighted by atomic mass is 10.0. The molecule has 0 saturated heterocycles. The minimum atomic E-state index is -4.61. The number of halogens is 3. The summed E-state index contributed by atoms with van der Waals surface area (Å²) in [6.07, 6.45) is -3.29. The molecule has 1 aromatic heterocycles. The number of nitrogens with one attached hydrogen (secondary N) is 1. The van der Waals surface area contributed by atoms with Crippen LogP contribution in [0.4, 0.5) is 19.0 Å². The molecule has 0 unspecified atom stereocenters. The van der Waals surface area contributed by atoms with Gasteiger partial charge in [0.05, 0.1) is 11.8 Å². The van der Waals surface area contributed by atoms with Crippen LogP contribution in [0.5, 0.6) is 5.75 Å². The van der Waals surface area contributed by atoms with Crippen LogP contribution in [0.1, 0.15) is 5.56 Å². The van der Waals surface area contributed by atoms with E-state index in [1.807, 2.05) is 0 Å². The quantitative estimate of drug-likeness (QED) is 0.719. The van der Waals surface area contributed by atoms with Crippen molar-refractivity contribution in [2.24, 2.45) is 0 Å². The number of H-pyrrole nitrogens is 1. The lowest BCUT2D eigenvalue weighted by Gasteiger charge is -2.10. The third-order valence-electron chi connectivity index (χ3n) is 2.28. The Morgan fingerprint density at radius 2 is 2.00 bits per heavy atom. The van der Waals surface area contributed by atoms with E-state index < -0.39 is 17.5 Å². The highest BCUT2D eigenvalue weighted by Gasteiger charge is 2.34. The molecule has 0 bridgehead atoms. The summed E-state index contributed by atoms with van der Waals surface area (Å²) in [4.78, 5) is 0. The highest BCUT2D eigenvalue weighted by atomic mass is 19.4. The Hall–Kier alpha value is -2.18. The number of hydrogen-bond donors (Lipinski definition) is 3. The van der Waals surface area contributed by atoms with Crippen molar-refractivity contribution in [3.05, 3.63) is 30.0 Å². The molecular formula is C10H8F3N3O. The summed E-state index contributed by atoms with van der Waals surface area (Å²) in [5.41, 5.74) is 5.00. The first-order valence-corrected chi connectivity index (χ1v) is 4.59. The maximum atomic E-state index is 12.6. The van der Waals surface area contributed by atoms with Crippen LogP contribution in [0.2, 0.25) is 0 Å². The fraction of sp³-hybridized carbons (Fsp3) is 0.100. The van der Waals surface area contributed by atoms with Gasteiger partial charge in [0.2, 0.25) is 0 Å². The van der Waals surface area contributed by atoms with Crippen LogP contribution < -0.4 is 5.73 Å². The number of anilines is 1. The van der Waals surface area contributed by atoms with Gasteiger partial charge in [0.1, 0.15) is 11.6 Å². The van der Waals surface area contributed by atoms with Gasteiger partial charge >= 0.3 is 6.18 Å². The molecule has 0 atom stereocenters. The van der Waals surface area contributed by atoms with E-state index in [1.54, 1.807) is 0 Å². The zero-order chi connectivity index (χ0) is 12.6. The summed E-state index contributed by atoms with van der Waals surface area (Å²) in [7, 11) is 0. The van der Waals surface area contributed by atoms with E-state index >= 15 is 0 Å². The summed E-state index contributed by atoms with van der Waals surface area (Å²) >= 11 is 0. The Morgan fingerprint density at radius 1 is 1.29 bits per heavy atom. The molecule has 1 aromatic carbocycles. The third kappa shape index (κ3) is 2.03. The van der Waals surface area contributed by atoms with E-state index in [0.717, 1.165) is 12.1 Å². The van der Waals surface area contributed by atoms with Crippen LogP contribution >= 0.6 is 0 Å². The normalized spacial score (nSPS) is 11.7. The smallest absolute Gasteiger partial charge is 0.419 e. The van der Waals surface area contributed by atoms with Crippen LogP contribution in [0.3, 0.4) is 0 Å². The number of hydrogen-bond acceptors (Lipinski definition) is 3. The second-order valence-electron chi connectivity index (χ2n) is 3.43. The molecule has 2 rings (SSSR count). The predicted octanol–water partition coefficient (Wildman–Crippen LogP) is 2.38. The first kappa shape index (κ1) is 11.3. The molecule has 90 valence electrons. The molecule has 17 heavy (non-hydrogen) atoms. The van der Waals surface area contributed by atoms with Gasteiger partial charge in [-0.3, -0.25) is 5.10 Å². The molecule has 0 aliphatic heterocycles. The van der Waals surface area contributed by atoms with Crippen molar-refractivity contribution in [1.82, 2.24) is 10.2 Å². The van der Waals surface area contributed by atoms with Crippen LogP contribution in [-0.2, 0) is 6.18 Å². The summed E-state index contributed by atoms with van der Waals surface area (Å²) in [6.45, 7) is 0. The van der Waals surface area contributed by atoms with Gasteiger partial charge in [-0.05, 0) is 17.7 Å². The number of alkyl halides is 3. The van der Waals surface area contributed by atoms with Gasteiger partial charge in [-0.2, -0.15) is 18.3 Å². The minimum absolute atomic E-state index is 0.170. The zero-order valence-corrected chi connectivity index (χ0v) is 8.42. The van der Waals surface area contributed by atoms with Crippen LogP contribution in [0.15, 0.2) is 24.4 Å². The van der Waals surface area contributed by atoms with Gasteiger partial charge < -0.3 is 10.8 Å². The van der Waals surface area contributed by atoms with Crippen molar-refractivity contribution in [1.29, 1.82) is 0 Å². The number of nitrogens with two attached hydrogens (primary N) is 1. The molecule has 0 aliphatic carbocycles. The van der Waals surface area contributed by atoms with E-state index in [-0.39, 0.29) is 11.4 Å². The summed E-state index contributed by atoms with van der Waals surface area (Å²) in [6, 6.07) is 3.15. The van der Waals surface area contributed by atoms with E-state index in [0.29, 0.717) is 5.56 Å². The van der Waals surface area contributed by atoms with Gasteiger partial charge in [0.25, 0.3) is 0 Å². The number of nitrogens with zero attached hydrogens (tertiary/aromatic N) is 1. The fourth-order valence-electron chi connectivity index (χ4n) is 1.46. The van der Waals surface area contributed by atoms with Crippen molar-refractivity contribution in [3.8, 4) is 16.9 Å². The Labute approximate surface area is 93.9 Å². The number of aromatic amines is 1. The summed E-state index contributed by atoms with van der Waals surface area (Å²) in [5, 5.41) is 15.2. The lowest BCUT2D eigenvalue weighted by molar-refractivity contribution is -0.138. The van der Waals surface area contributed by atoms with E-state index in [2.05, 4.69) is 10.2 Å². The monoisotopic (exact) mass is 243 g/mol. The maximum Gasteiger partial charge on any atom is 0.419 e. The van der Waals surface area contributed by atoms with Crippen molar-refractivity contribution >= 4 is 5.82 Å². The summed E-state index contributed by atoms with van der Waals surface area (Å²) in [5.74, 6) is -0.646. The summed E-state index contributed by atoms with van der Waals surface area (Å²) < 4.78 is 37.7. The van der Waals surface area contributed by atoms with Gasteiger partial charge in [-0.25, -0.2) is 0 Å². The Morgan fingerprint density at radius 3 is 2.53 bits per heavy atom. The fourth-order valence-corrected chi connectivity index (χ4v) is 1.46. The molecule has 0 spiro atoms. The molecule has 0 aliphatic rings. The Bertz CT molecular complexity index is 548. The molecule has 0 amide bonds. The topological polar surface area (TPSA) is 74.9 Å². The second kappa shape index (κ2) is 3.69. The minimum Gasteiger partial charge on any atom is -0.507 e. The van der Waals surface area contributed by atoms with Crippen molar-refractivity contribution < 1.29 is 18.3 Å². The Kier molecular flexibility index (Phi) is 2.45. The van der Waals surface area contributed by atoms with E-state index in [1.165, 1.54) is 12.3 Å². The maximum absolute atomic E-state index is 12.6. The van der Waals surface area contributed by atoms with Crippen LogP contribution in [-0.4, -0.2) is 15.3 Å². The number of aromatic hydroxyl groups is 1. The average molecular weight is 243 g/mol. The van der Waals surface area contributed by atoms with Gasteiger partial charge in [-0.15, -0.1) is 0 Å². The zero-order valence-electron chi connectivity index (χ0n) is 8.42. The SMILES string of the molecule is Nc1[nH]ncc1-c1ccc(O)c(C(F)(F)F)c1. The molecule has 2 aromatic rings. The molecule has 0 fully saturated rings. The number of phenolic OH excluding ortho intramolecular Hbond substituents is 1. The molecule has 4 N–H and O–H groups in total. The highest BCUT2D eigenvalue weighted by Crippen LogP contribution is 2.38. The molecular weight excluding hydrogens is 235 g/mol. The first-order chi connectivity index (χ1) is 7.89.